The summed E-state index contributed by atoms with van der Waals surface area (Å²) in [5, 5.41) is 2.88. The first-order valence-electron chi connectivity index (χ1n) is 10.4. The molecule has 164 valence electrons. The monoisotopic (exact) mass is 450 g/mol. The van der Waals surface area contributed by atoms with E-state index in [0.29, 0.717) is 61.0 Å². The third-order valence-electron chi connectivity index (χ3n) is 5.55. The molecule has 0 atom stereocenters. The first kappa shape index (κ1) is 20.4. The van der Waals surface area contributed by atoms with Crippen molar-refractivity contribution in [1.82, 2.24) is 0 Å². The number of hydrogen-bond donors (Lipinski definition) is 1. The van der Waals surface area contributed by atoms with E-state index in [1.54, 1.807) is 66.7 Å². The Bertz CT molecular complexity index is 1270. The van der Waals surface area contributed by atoms with Crippen molar-refractivity contribution in [3.63, 3.8) is 0 Å². The zero-order chi connectivity index (χ0) is 22.1. The van der Waals surface area contributed by atoms with Crippen LogP contribution in [0.25, 0.3) is 0 Å². The lowest BCUT2D eigenvalue weighted by molar-refractivity contribution is 0.102. The standard InChI is InChI=1S/C24H22N2O5S/c27-24(25-19-9-11-22-23(16-19)31-14-13-30-22)18-8-10-21-17(15-18)5-4-12-26(21)32(28,29)20-6-2-1-3-7-20/h1-3,6-11,15-16H,4-5,12-14H2,(H,25,27). The summed E-state index contributed by atoms with van der Waals surface area (Å²) in [4.78, 5) is 13.1. The number of sulfonamides is 1. The molecule has 0 bridgehead atoms. The Balaban J connectivity index is 1.39. The number of aryl methyl sites for hydroxylation is 1. The van der Waals surface area contributed by atoms with Crippen molar-refractivity contribution in [2.75, 3.05) is 29.4 Å². The Hall–Kier alpha value is -3.52. The maximum absolute atomic E-state index is 13.2. The predicted octanol–water partition coefficient (Wildman–Crippen LogP) is 3.85. The number of carbonyl (C=O) groups excluding carboxylic acids is 1. The second kappa shape index (κ2) is 8.20. The van der Waals surface area contributed by atoms with Crippen LogP contribution in [0.15, 0.2) is 71.6 Å². The van der Waals surface area contributed by atoms with Gasteiger partial charge in [0, 0.05) is 23.9 Å². The molecule has 2 aliphatic heterocycles. The molecule has 32 heavy (non-hydrogen) atoms. The van der Waals surface area contributed by atoms with E-state index < -0.39 is 10.0 Å². The van der Waals surface area contributed by atoms with Crippen LogP contribution in [0.4, 0.5) is 11.4 Å². The summed E-state index contributed by atoms with van der Waals surface area (Å²) < 4.78 is 38.8. The average Bonchev–Trinajstić information content (AvgIpc) is 2.83. The van der Waals surface area contributed by atoms with Crippen LogP contribution in [0.2, 0.25) is 0 Å². The van der Waals surface area contributed by atoms with E-state index in [2.05, 4.69) is 5.32 Å². The smallest absolute Gasteiger partial charge is 0.264 e. The molecule has 2 heterocycles. The summed E-state index contributed by atoms with van der Waals surface area (Å²) in [7, 11) is -3.66. The van der Waals surface area contributed by atoms with Gasteiger partial charge in [-0.05, 0) is 60.9 Å². The number of ether oxygens (including phenoxy) is 2. The maximum Gasteiger partial charge on any atom is 0.264 e. The number of nitrogens with zero attached hydrogens (tertiary/aromatic N) is 1. The number of benzene rings is 3. The first-order valence-corrected chi connectivity index (χ1v) is 11.9. The molecule has 5 rings (SSSR count). The Labute approximate surface area is 186 Å². The highest BCUT2D eigenvalue weighted by Crippen LogP contribution is 2.34. The summed E-state index contributed by atoms with van der Waals surface area (Å²) in [6.07, 6.45) is 1.40. The molecule has 0 saturated carbocycles. The fourth-order valence-corrected chi connectivity index (χ4v) is 5.56. The summed E-state index contributed by atoms with van der Waals surface area (Å²) in [6, 6.07) is 18.8. The minimum atomic E-state index is -3.66. The van der Waals surface area contributed by atoms with Crippen molar-refractivity contribution in [2.24, 2.45) is 0 Å². The lowest BCUT2D eigenvalue weighted by Crippen LogP contribution is -2.35. The largest absolute Gasteiger partial charge is 0.486 e. The molecule has 1 N–H and O–H groups in total. The van der Waals surface area contributed by atoms with Crippen LogP contribution >= 0.6 is 0 Å². The van der Waals surface area contributed by atoms with E-state index in [0.717, 1.165) is 5.56 Å². The quantitative estimate of drug-likeness (QED) is 0.653. The first-order chi connectivity index (χ1) is 15.5. The number of rotatable bonds is 4. The SMILES string of the molecule is O=C(Nc1ccc2c(c1)OCCO2)c1ccc2c(c1)CCCN2S(=O)(=O)c1ccccc1. The molecule has 0 saturated heterocycles. The average molecular weight is 451 g/mol. The highest BCUT2D eigenvalue weighted by Gasteiger charge is 2.29. The molecule has 2 aliphatic rings. The third kappa shape index (κ3) is 3.78. The van der Waals surface area contributed by atoms with Gasteiger partial charge in [0.05, 0.1) is 10.6 Å². The minimum Gasteiger partial charge on any atom is -0.486 e. The molecule has 3 aromatic rings. The molecule has 8 heteroatoms. The molecular weight excluding hydrogens is 428 g/mol. The summed E-state index contributed by atoms with van der Waals surface area (Å²) in [5.41, 5.74) is 2.53. The van der Waals surface area contributed by atoms with Crippen molar-refractivity contribution < 1.29 is 22.7 Å². The van der Waals surface area contributed by atoms with Crippen LogP contribution in [0.3, 0.4) is 0 Å². The number of nitrogens with one attached hydrogen (secondary N) is 1. The maximum atomic E-state index is 13.2. The Morgan fingerprint density at radius 2 is 1.69 bits per heavy atom. The van der Waals surface area contributed by atoms with Gasteiger partial charge in [0.1, 0.15) is 13.2 Å². The Morgan fingerprint density at radius 1 is 0.906 bits per heavy atom. The second-order valence-corrected chi connectivity index (χ2v) is 9.51. The van der Waals surface area contributed by atoms with Gasteiger partial charge in [0.2, 0.25) is 0 Å². The van der Waals surface area contributed by atoms with Gasteiger partial charge in [0.15, 0.2) is 11.5 Å². The lowest BCUT2D eigenvalue weighted by Gasteiger charge is -2.30. The van der Waals surface area contributed by atoms with E-state index in [-0.39, 0.29) is 10.8 Å². The molecular formula is C24H22N2O5S. The molecule has 0 aromatic heterocycles. The molecule has 3 aromatic carbocycles. The lowest BCUT2D eigenvalue weighted by atomic mass is 10.0. The van der Waals surface area contributed by atoms with Crippen LogP contribution in [-0.4, -0.2) is 34.1 Å². The van der Waals surface area contributed by atoms with E-state index in [9.17, 15) is 13.2 Å². The summed E-state index contributed by atoms with van der Waals surface area (Å²) in [5.74, 6) is 0.983. The fourth-order valence-electron chi connectivity index (χ4n) is 4.00. The van der Waals surface area contributed by atoms with Gasteiger partial charge in [-0.1, -0.05) is 18.2 Å². The van der Waals surface area contributed by atoms with Gasteiger partial charge in [-0.3, -0.25) is 9.10 Å². The van der Waals surface area contributed by atoms with Crippen LogP contribution < -0.4 is 19.1 Å². The van der Waals surface area contributed by atoms with E-state index in [1.165, 1.54) is 4.31 Å². The predicted molar refractivity (Wildman–Crippen MR) is 121 cm³/mol. The van der Waals surface area contributed by atoms with Gasteiger partial charge < -0.3 is 14.8 Å². The van der Waals surface area contributed by atoms with Crippen LogP contribution in [0, 0.1) is 0 Å². The van der Waals surface area contributed by atoms with Crippen molar-refractivity contribution in [3.8, 4) is 11.5 Å². The van der Waals surface area contributed by atoms with Gasteiger partial charge in [-0.2, -0.15) is 0 Å². The zero-order valence-corrected chi connectivity index (χ0v) is 18.1. The number of carbonyl (C=O) groups is 1. The zero-order valence-electron chi connectivity index (χ0n) is 17.3. The molecule has 1 amide bonds. The van der Waals surface area contributed by atoms with Crippen LogP contribution in [0.1, 0.15) is 22.3 Å². The number of fused-ring (bicyclic) bond motifs is 2. The van der Waals surface area contributed by atoms with Crippen LogP contribution in [0.5, 0.6) is 11.5 Å². The van der Waals surface area contributed by atoms with Crippen molar-refractivity contribution in [1.29, 1.82) is 0 Å². The highest BCUT2D eigenvalue weighted by molar-refractivity contribution is 7.92. The number of amides is 1. The van der Waals surface area contributed by atoms with Gasteiger partial charge in [-0.25, -0.2) is 8.42 Å². The van der Waals surface area contributed by atoms with Crippen molar-refractivity contribution in [2.45, 2.75) is 17.7 Å². The number of hydrogen-bond acceptors (Lipinski definition) is 5. The van der Waals surface area contributed by atoms with E-state index in [4.69, 9.17) is 9.47 Å². The van der Waals surface area contributed by atoms with Crippen LogP contribution in [-0.2, 0) is 16.4 Å². The Morgan fingerprint density at radius 3 is 2.50 bits per heavy atom. The summed E-state index contributed by atoms with van der Waals surface area (Å²) >= 11 is 0. The topological polar surface area (TPSA) is 84.9 Å². The Kier molecular flexibility index (Phi) is 5.22. The van der Waals surface area contributed by atoms with Gasteiger partial charge in [0.25, 0.3) is 15.9 Å². The highest BCUT2D eigenvalue weighted by atomic mass is 32.2. The normalized spacial score (nSPS) is 15.1. The third-order valence-corrected chi connectivity index (χ3v) is 7.38. The molecule has 0 fully saturated rings. The number of anilines is 2. The van der Waals surface area contributed by atoms with Crippen molar-refractivity contribution in [3.05, 3.63) is 77.9 Å². The molecule has 0 spiro atoms. The van der Waals surface area contributed by atoms with E-state index in [1.807, 2.05) is 0 Å². The van der Waals surface area contributed by atoms with E-state index >= 15 is 0 Å². The van der Waals surface area contributed by atoms with Gasteiger partial charge >= 0.3 is 0 Å². The second-order valence-electron chi connectivity index (χ2n) is 7.65. The van der Waals surface area contributed by atoms with Crippen molar-refractivity contribution >= 4 is 27.3 Å². The minimum absolute atomic E-state index is 0.258. The fraction of sp³-hybridized carbons (Fsp3) is 0.208. The molecule has 0 radical (unpaired) electrons. The molecule has 0 unspecified atom stereocenters. The molecule has 0 aliphatic carbocycles. The molecule has 7 nitrogen and oxygen atoms in total. The van der Waals surface area contributed by atoms with Gasteiger partial charge in [-0.15, -0.1) is 0 Å². The summed E-state index contributed by atoms with van der Waals surface area (Å²) in [6.45, 7) is 1.38.